The standard InChI is InChI=1S/C9H20N2/c1-4-11-7-5-6-10(3)9(2)8-11/h9H,4-8H2,1-3H3/t9-/m0/s1. The Kier molecular flexibility index (Phi) is 3.34. The van der Waals surface area contributed by atoms with E-state index in [1.54, 1.807) is 0 Å². The highest BCUT2D eigenvalue weighted by atomic mass is 15.2. The van der Waals surface area contributed by atoms with Crippen molar-refractivity contribution in [1.82, 2.24) is 9.80 Å². The van der Waals surface area contributed by atoms with Gasteiger partial charge in [0.25, 0.3) is 0 Å². The van der Waals surface area contributed by atoms with Gasteiger partial charge in [0.1, 0.15) is 0 Å². The smallest absolute Gasteiger partial charge is 0.0191 e. The molecular formula is C9H20N2. The minimum Gasteiger partial charge on any atom is -0.302 e. The summed E-state index contributed by atoms with van der Waals surface area (Å²) in [4.78, 5) is 4.99. The Morgan fingerprint density at radius 1 is 1.36 bits per heavy atom. The third-order valence-electron chi connectivity index (χ3n) is 2.71. The lowest BCUT2D eigenvalue weighted by atomic mass is 10.3. The van der Waals surface area contributed by atoms with E-state index in [0.29, 0.717) is 0 Å². The lowest BCUT2D eigenvalue weighted by molar-refractivity contribution is 0.226. The third kappa shape index (κ3) is 2.46. The van der Waals surface area contributed by atoms with Crippen molar-refractivity contribution in [2.75, 3.05) is 33.2 Å². The first-order chi connectivity index (χ1) is 5.24. The molecule has 0 aromatic rings. The van der Waals surface area contributed by atoms with Crippen molar-refractivity contribution in [2.45, 2.75) is 26.3 Å². The Balaban J connectivity index is 2.41. The van der Waals surface area contributed by atoms with Gasteiger partial charge in [-0.15, -0.1) is 0 Å². The molecule has 0 N–H and O–H groups in total. The van der Waals surface area contributed by atoms with Gasteiger partial charge in [-0.05, 0) is 40.0 Å². The zero-order valence-electron chi connectivity index (χ0n) is 8.01. The topological polar surface area (TPSA) is 6.48 Å². The fourth-order valence-corrected chi connectivity index (χ4v) is 1.66. The maximum atomic E-state index is 2.54. The van der Waals surface area contributed by atoms with E-state index in [0.717, 1.165) is 6.04 Å². The molecule has 0 bridgehead atoms. The van der Waals surface area contributed by atoms with E-state index >= 15 is 0 Å². The summed E-state index contributed by atoms with van der Waals surface area (Å²) in [5, 5.41) is 0. The van der Waals surface area contributed by atoms with Crippen LogP contribution >= 0.6 is 0 Å². The monoisotopic (exact) mass is 156 g/mol. The van der Waals surface area contributed by atoms with Crippen molar-refractivity contribution < 1.29 is 0 Å². The van der Waals surface area contributed by atoms with Crippen LogP contribution < -0.4 is 0 Å². The Bertz CT molecular complexity index is 114. The summed E-state index contributed by atoms with van der Waals surface area (Å²) >= 11 is 0. The molecule has 1 aliphatic heterocycles. The van der Waals surface area contributed by atoms with Gasteiger partial charge in [-0.3, -0.25) is 0 Å². The van der Waals surface area contributed by atoms with Crippen molar-refractivity contribution in [2.24, 2.45) is 0 Å². The van der Waals surface area contributed by atoms with Gasteiger partial charge in [-0.2, -0.15) is 0 Å². The molecule has 66 valence electrons. The average Bonchev–Trinajstić information content (AvgIpc) is 2.15. The number of hydrogen-bond donors (Lipinski definition) is 0. The van der Waals surface area contributed by atoms with Crippen LogP contribution in [0.25, 0.3) is 0 Å². The number of rotatable bonds is 1. The quantitative estimate of drug-likeness (QED) is 0.559. The van der Waals surface area contributed by atoms with Crippen molar-refractivity contribution in [3.63, 3.8) is 0 Å². The normalized spacial score (nSPS) is 30.3. The SMILES string of the molecule is CCN1CCCN(C)[C@@H](C)C1. The summed E-state index contributed by atoms with van der Waals surface area (Å²) in [6, 6.07) is 0.734. The maximum absolute atomic E-state index is 2.54. The summed E-state index contributed by atoms with van der Waals surface area (Å²) in [6.45, 7) is 9.56. The van der Waals surface area contributed by atoms with E-state index in [-0.39, 0.29) is 0 Å². The zero-order chi connectivity index (χ0) is 8.27. The predicted molar refractivity (Wildman–Crippen MR) is 48.8 cm³/mol. The minimum atomic E-state index is 0.734. The first-order valence-electron chi connectivity index (χ1n) is 4.66. The summed E-state index contributed by atoms with van der Waals surface area (Å²) in [5.41, 5.74) is 0. The molecule has 0 aromatic carbocycles. The van der Waals surface area contributed by atoms with Gasteiger partial charge in [-0.25, -0.2) is 0 Å². The summed E-state index contributed by atoms with van der Waals surface area (Å²) in [7, 11) is 2.23. The summed E-state index contributed by atoms with van der Waals surface area (Å²) in [6.07, 6.45) is 1.33. The van der Waals surface area contributed by atoms with Gasteiger partial charge in [-0.1, -0.05) is 6.92 Å². The molecule has 2 nitrogen and oxygen atoms in total. The fourth-order valence-electron chi connectivity index (χ4n) is 1.66. The Morgan fingerprint density at radius 3 is 2.73 bits per heavy atom. The largest absolute Gasteiger partial charge is 0.302 e. The minimum absolute atomic E-state index is 0.734. The van der Waals surface area contributed by atoms with E-state index < -0.39 is 0 Å². The maximum Gasteiger partial charge on any atom is 0.0191 e. The molecule has 2 heteroatoms. The van der Waals surface area contributed by atoms with E-state index in [4.69, 9.17) is 0 Å². The summed E-state index contributed by atoms with van der Waals surface area (Å²) in [5.74, 6) is 0. The van der Waals surface area contributed by atoms with Gasteiger partial charge in [0.2, 0.25) is 0 Å². The molecule has 1 heterocycles. The highest BCUT2D eigenvalue weighted by Gasteiger charge is 2.16. The van der Waals surface area contributed by atoms with E-state index in [1.165, 1.54) is 32.6 Å². The molecule has 1 fully saturated rings. The van der Waals surface area contributed by atoms with E-state index in [2.05, 4.69) is 30.7 Å². The molecule has 1 atom stereocenters. The molecule has 1 aliphatic rings. The average molecular weight is 156 g/mol. The van der Waals surface area contributed by atoms with Crippen molar-refractivity contribution in [1.29, 1.82) is 0 Å². The van der Waals surface area contributed by atoms with Crippen molar-refractivity contribution in [3.05, 3.63) is 0 Å². The molecule has 0 unspecified atom stereocenters. The zero-order valence-corrected chi connectivity index (χ0v) is 8.01. The molecule has 0 amide bonds. The summed E-state index contributed by atoms with van der Waals surface area (Å²) < 4.78 is 0. The second kappa shape index (κ2) is 4.07. The molecule has 0 aliphatic carbocycles. The van der Waals surface area contributed by atoms with Crippen LogP contribution in [0, 0.1) is 0 Å². The van der Waals surface area contributed by atoms with Crippen LogP contribution in [0.5, 0.6) is 0 Å². The van der Waals surface area contributed by atoms with Crippen LogP contribution in [0.2, 0.25) is 0 Å². The van der Waals surface area contributed by atoms with Crippen molar-refractivity contribution in [3.8, 4) is 0 Å². The molecule has 1 saturated heterocycles. The van der Waals surface area contributed by atoms with E-state index in [1.807, 2.05) is 0 Å². The van der Waals surface area contributed by atoms with Crippen LogP contribution in [0.15, 0.2) is 0 Å². The third-order valence-corrected chi connectivity index (χ3v) is 2.71. The molecule has 11 heavy (non-hydrogen) atoms. The van der Waals surface area contributed by atoms with Crippen molar-refractivity contribution >= 4 is 0 Å². The molecule has 0 radical (unpaired) electrons. The molecule has 0 aromatic heterocycles. The van der Waals surface area contributed by atoms with Crippen LogP contribution in [0.3, 0.4) is 0 Å². The van der Waals surface area contributed by atoms with Crippen LogP contribution in [0.1, 0.15) is 20.3 Å². The predicted octanol–water partition coefficient (Wildman–Crippen LogP) is 1.03. The second-order valence-electron chi connectivity index (χ2n) is 3.58. The van der Waals surface area contributed by atoms with Gasteiger partial charge in [0.05, 0.1) is 0 Å². The Morgan fingerprint density at radius 2 is 2.09 bits per heavy atom. The van der Waals surface area contributed by atoms with Crippen LogP contribution in [-0.4, -0.2) is 49.1 Å². The van der Waals surface area contributed by atoms with Crippen LogP contribution in [-0.2, 0) is 0 Å². The van der Waals surface area contributed by atoms with Gasteiger partial charge in [0.15, 0.2) is 0 Å². The Labute approximate surface area is 70.2 Å². The first-order valence-corrected chi connectivity index (χ1v) is 4.66. The van der Waals surface area contributed by atoms with E-state index in [9.17, 15) is 0 Å². The number of hydrogen-bond acceptors (Lipinski definition) is 2. The molecule has 0 spiro atoms. The highest BCUT2D eigenvalue weighted by molar-refractivity contribution is 4.73. The first kappa shape index (κ1) is 9.01. The molecular weight excluding hydrogens is 136 g/mol. The van der Waals surface area contributed by atoms with Gasteiger partial charge >= 0.3 is 0 Å². The molecule has 1 rings (SSSR count). The lowest BCUT2D eigenvalue weighted by Crippen LogP contribution is -2.36. The number of likely N-dealkylation sites (N-methyl/N-ethyl adjacent to an activating group) is 2. The highest BCUT2D eigenvalue weighted by Crippen LogP contribution is 2.06. The second-order valence-corrected chi connectivity index (χ2v) is 3.58. The lowest BCUT2D eigenvalue weighted by Gasteiger charge is -2.24. The van der Waals surface area contributed by atoms with Crippen LogP contribution in [0.4, 0.5) is 0 Å². The molecule has 0 saturated carbocycles. The number of nitrogens with zero attached hydrogens (tertiary/aromatic N) is 2. The van der Waals surface area contributed by atoms with Gasteiger partial charge < -0.3 is 9.80 Å². The van der Waals surface area contributed by atoms with Gasteiger partial charge in [0, 0.05) is 12.6 Å². The Hall–Kier alpha value is -0.0800. The fraction of sp³-hybridized carbons (Fsp3) is 1.00.